The topological polar surface area (TPSA) is 8.17 Å². The summed E-state index contributed by atoms with van der Waals surface area (Å²) in [4.78, 5) is 2.40. The predicted molar refractivity (Wildman–Crippen MR) is 265 cm³/mol. The van der Waals surface area contributed by atoms with Crippen molar-refractivity contribution in [3.05, 3.63) is 218 Å². The molecule has 3 aliphatic rings. The lowest BCUT2D eigenvalue weighted by Crippen LogP contribution is -2.23. The van der Waals surface area contributed by atoms with Gasteiger partial charge in [-0.05, 0) is 154 Å². The molecule has 13 rings (SSSR count). The van der Waals surface area contributed by atoms with Crippen molar-refractivity contribution >= 4 is 49.6 Å². The van der Waals surface area contributed by atoms with E-state index in [9.17, 15) is 0 Å². The highest BCUT2D eigenvalue weighted by molar-refractivity contribution is 6.09. The second kappa shape index (κ2) is 14.5. The van der Waals surface area contributed by atoms with Crippen molar-refractivity contribution in [2.24, 2.45) is 17.8 Å². The molecule has 0 spiro atoms. The van der Waals surface area contributed by atoms with Gasteiger partial charge in [0, 0.05) is 33.4 Å². The number of aromatic nitrogens is 1. The third kappa shape index (κ3) is 5.92. The highest BCUT2D eigenvalue weighted by Crippen LogP contribution is 2.66. The molecule has 0 aliphatic heterocycles. The molecule has 2 nitrogen and oxygen atoms in total. The van der Waals surface area contributed by atoms with Crippen molar-refractivity contribution < 1.29 is 0 Å². The summed E-state index contributed by atoms with van der Waals surface area (Å²) in [5, 5.41) is 5.07. The van der Waals surface area contributed by atoms with Crippen molar-refractivity contribution in [3.8, 4) is 39.1 Å². The largest absolute Gasteiger partial charge is 0.311 e. The van der Waals surface area contributed by atoms with Gasteiger partial charge in [-0.15, -0.1) is 0 Å². The van der Waals surface area contributed by atoms with Crippen LogP contribution in [0.2, 0.25) is 0 Å². The van der Waals surface area contributed by atoms with E-state index in [0.717, 1.165) is 34.8 Å². The molecule has 0 radical (unpaired) electrons. The summed E-state index contributed by atoms with van der Waals surface area (Å²) < 4.78 is 2.43. The Morgan fingerprint density at radius 1 is 0.397 bits per heavy atom. The van der Waals surface area contributed by atoms with Crippen LogP contribution >= 0.6 is 0 Å². The lowest BCUT2D eigenvalue weighted by Gasteiger charge is -2.30. The normalized spacial score (nSPS) is 20.0. The van der Waals surface area contributed by atoms with Gasteiger partial charge in [-0.3, -0.25) is 0 Å². The maximum absolute atomic E-state index is 2.53. The second-order valence-corrected chi connectivity index (χ2v) is 18.6. The molecule has 10 aromatic rings. The average molecular weight is 809 g/mol. The molecule has 2 bridgehead atoms. The highest BCUT2D eigenvalue weighted by atomic mass is 15.1. The molecule has 3 aliphatic carbocycles. The minimum absolute atomic E-state index is 0.400. The van der Waals surface area contributed by atoms with Crippen LogP contribution in [0.3, 0.4) is 0 Å². The standard InChI is InChI=1S/C61H48N2/c1-2-15-52-42(11-1)12-10-19-53(52)43-27-33-50(34-28-43)62(49-31-25-41(26-32-49)45-13-9-14-48(37-45)61-38-46-23-24-47(39-61)57(46)40-61)51-35-29-44(30-36-51)54-16-3-6-20-58(54)63-59-21-7-4-17-55(59)56-18-5-8-22-60(56)63/h1-22,25-37,46-47,57H,23-24,38-40H2/t46-,47-,57?,61?/m0/s1. The monoisotopic (exact) mass is 808 g/mol. The molecule has 0 unspecified atom stereocenters. The zero-order valence-corrected chi connectivity index (χ0v) is 35.4. The Morgan fingerprint density at radius 3 is 1.56 bits per heavy atom. The van der Waals surface area contributed by atoms with Gasteiger partial charge < -0.3 is 9.47 Å². The average Bonchev–Trinajstić information content (AvgIpc) is 4.08. The number of nitrogens with zero attached hydrogens (tertiary/aromatic N) is 2. The number of hydrogen-bond acceptors (Lipinski definition) is 1. The van der Waals surface area contributed by atoms with Crippen molar-refractivity contribution in [2.45, 2.75) is 37.5 Å². The molecular weight excluding hydrogens is 761 g/mol. The van der Waals surface area contributed by atoms with Gasteiger partial charge in [0.1, 0.15) is 0 Å². The zero-order chi connectivity index (χ0) is 41.5. The molecule has 63 heavy (non-hydrogen) atoms. The molecule has 302 valence electrons. The minimum Gasteiger partial charge on any atom is -0.311 e. The number of para-hydroxylation sites is 3. The van der Waals surface area contributed by atoms with Gasteiger partial charge in [-0.1, -0.05) is 158 Å². The third-order valence-corrected chi connectivity index (χ3v) is 15.4. The van der Waals surface area contributed by atoms with Crippen LogP contribution in [-0.4, -0.2) is 4.57 Å². The van der Waals surface area contributed by atoms with Crippen LogP contribution in [0.1, 0.15) is 37.7 Å². The van der Waals surface area contributed by atoms with E-state index in [1.54, 1.807) is 5.56 Å². The Kier molecular flexibility index (Phi) is 8.38. The molecule has 0 N–H and O–H groups in total. The van der Waals surface area contributed by atoms with E-state index in [1.807, 2.05) is 0 Å². The van der Waals surface area contributed by atoms with Crippen LogP contribution in [0.25, 0.3) is 71.6 Å². The maximum atomic E-state index is 2.53. The van der Waals surface area contributed by atoms with Gasteiger partial charge in [0.25, 0.3) is 0 Å². The van der Waals surface area contributed by atoms with E-state index in [1.165, 1.54) is 104 Å². The molecule has 2 atom stereocenters. The van der Waals surface area contributed by atoms with Gasteiger partial charge in [-0.25, -0.2) is 0 Å². The van der Waals surface area contributed by atoms with Crippen LogP contribution in [-0.2, 0) is 5.41 Å². The second-order valence-electron chi connectivity index (χ2n) is 18.6. The molecule has 3 saturated carbocycles. The fourth-order valence-corrected chi connectivity index (χ4v) is 12.6. The van der Waals surface area contributed by atoms with E-state index in [4.69, 9.17) is 0 Å². The predicted octanol–water partition coefficient (Wildman–Crippen LogP) is 16.5. The first-order chi connectivity index (χ1) is 31.2. The first-order valence-electron chi connectivity index (χ1n) is 22.9. The molecule has 1 heterocycles. The highest BCUT2D eigenvalue weighted by Gasteiger charge is 2.58. The first kappa shape index (κ1) is 36.5. The van der Waals surface area contributed by atoms with Crippen molar-refractivity contribution in [1.29, 1.82) is 0 Å². The van der Waals surface area contributed by atoms with Crippen molar-refractivity contribution in [3.63, 3.8) is 0 Å². The van der Waals surface area contributed by atoms with E-state index in [0.29, 0.717) is 5.41 Å². The third-order valence-electron chi connectivity index (χ3n) is 15.4. The maximum Gasteiger partial charge on any atom is 0.0541 e. The number of fused-ring (bicyclic) bond motifs is 5. The van der Waals surface area contributed by atoms with Crippen molar-refractivity contribution in [2.75, 3.05) is 4.90 Å². The molecule has 1 aromatic heterocycles. The smallest absolute Gasteiger partial charge is 0.0541 e. The molecule has 0 saturated heterocycles. The van der Waals surface area contributed by atoms with E-state index in [2.05, 4.69) is 222 Å². The van der Waals surface area contributed by atoms with Crippen LogP contribution in [0, 0.1) is 17.8 Å². The Morgan fingerprint density at radius 2 is 0.905 bits per heavy atom. The number of benzene rings is 9. The fourth-order valence-electron chi connectivity index (χ4n) is 12.6. The lowest BCUT2D eigenvalue weighted by molar-refractivity contribution is 0.308. The summed E-state index contributed by atoms with van der Waals surface area (Å²) in [7, 11) is 0. The number of rotatable bonds is 8. The number of anilines is 3. The molecule has 9 aromatic carbocycles. The van der Waals surface area contributed by atoms with Gasteiger partial charge >= 0.3 is 0 Å². The fraction of sp³-hybridized carbons (Fsp3) is 0.148. The Hall–Kier alpha value is -7.16. The van der Waals surface area contributed by atoms with Crippen LogP contribution in [0.5, 0.6) is 0 Å². The Bertz CT molecular complexity index is 3260. The first-order valence-corrected chi connectivity index (χ1v) is 22.9. The summed E-state index contributed by atoms with van der Waals surface area (Å²) in [6.07, 6.45) is 7.12. The van der Waals surface area contributed by atoms with Gasteiger partial charge in [0.05, 0.1) is 16.7 Å². The molecule has 0 amide bonds. The van der Waals surface area contributed by atoms with Crippen LogP contribution < -0.4 is 4.90 Å². The van der Waals surface area contributed by atoms with E-state index < -0.39 is 0 Å². The summed E-state index contributed by atoms with van der Waals surface area (Å²) >= 11 is 0. The van der Waals surface area contributed by atoms with Gasteiger partial charge in [0.15, 0.2) is 0 Å². The lowest BCUT2D eigenvalue weighted by atomic mass is 9.74. The van der Waals surface area contributed by atoms with Gasteiger partial charge in [-0.2, -0.15) is 0 Å². The summed E-state index contributed by atoms with van der Waals surface area (Å²) in [5.41, 5.74) is 16.4. The summed E-state index contributed by atoms with van der Waals surface area (Å²) in [6.45, 7) is 0. The van der Waals surface area contributed by atoms with Crippen LogP contribution in [0.15, 0.2) is 212 Å². The molecular formula is C61H48N2. The summed E-state index contributed by atoms with van der Waals surface area (Å²) in [5.74, 6) is 2.90. The summed E-state index contributed by atoms with van der Waals surface area (Å²) in [6, 6.07) is 78.8. The SMILES string of the molecule is c1cc(-c2ccc(N(c3ccc(-c4ccccc4-n4c5ccccc5c5ccccc54)cc3)c3ccc(-c4cccc5ccccc45)cc3)cc2)cc(C23CC4[C@@H](CC[C@H]4C2)C3)c1. The molecule has 3 fully saturated rings. The minimum atomic E-state index is 0.400. The van der Waals surface area contributed by atoms with E-state index >= 15 is 0 Å². The molecule has 2 heteroatoms. The number of hydrogen-bond donors (Lipinski definition) is 0. The Balaban J connectivity index is 0.881. The van der Waals surface area contributed by atoms with Crippen molar-refractivity contribution in [1.82, 2.24) is 4.57 Å². The van der Waals surface area contributed by atoms with Crippen LogP contribution in [0.4, 0.5) is 17.1 Å². The zero-order valence-electron chi connectivity index (χ0n) is 35.4. The van der Waals surface area contributed by atoms with Gasteiger partial charge in [0.2, 0.25) is 0 Å². The quantitative estimate of drug-likeness (QED) is 0.148. The Labute approximate surface area is 369 Å². The van der Waals surface area contributed by atoms with E-state index in [-0.39, 0.29) is 0 Å².